The van der Waals surface area contributed by atoms with E-state index in [1.807, 2.05) is 12.2 Å². The Bertz CT molecular complexity index is 1070. The van der Waals surface area contributed by atoms with Gasteiger partial charge in [-0.1, -0.05) is 36.4 Å². The number of aryl methyl sites for hydroxylation is 1. The van der Waals surface area contributed by atoms with E-state index in [0.29, 0.717) is 18.1 Å². The lowest BCUT2D eigenvalue weighted by molar-refractivity contribution is -0.145. The third-order valence-corrected chi connectivity index (χ3v) is 8.62. The predicted octanol–water partition coefficient (Wildman–Crippen LogP) is 4.74. The van der Waals surface area contributed by atoms with Gasteiger partial charge in [-0.05, 0) is 69.4 Å². The first kappa shape index (κ1) is 19.3. The average molecular weight is 418 g/mol. The summed E-state index contributed by atoms with van der Waals surface area (Å²) < 4.78 is 2.47. The Balaban J connectivity index is 1.20. The van der Waals surface area contributed by atoms with Crippen LogP contribution in [0.15, 0.2) is 48.6 Å². The Morgan fingerprint density at radius 2 is 1.94 bits per heavy atom. The number of carboxylic acid groups (broad SMARTS) is 1. The van der Waals surface area contributed by atoms with Crippen LogP contribution in [-0.2, 0) is 4.79 Å². The number of aliphatic carboxylic acids is 1. The van der Waals surface area contributed by atoms with Gasteiger partial charge in [0.05, 0.1) is 16.4 Å². The molecule has 6 rings (SSSR count). The lowest BCUT2D eigenvalue weighted by Gasteiger charge is -2.40. The summed E-state index contributed by atoms with van der Waals surface area (Å²) in [7, 11) is 0. The normalized spacial score (nSPS) is 36.9. The van der Waals surface area contributed by atoms with Crippen LogP contribution in [0.5, 0.6) is 0 Å². The molecule has 31 heavy (non-hydrogen) atoms. The van der Waals surface area contributed by atoms with Crippen molar-refractivity contribution in [1.29, 1.82) is 0 Å². The molecule has 2 aliphatic heterocycles. The summed E-state index contributed by atoms with van der Waals surface area (Å²) in [5.74, 6) is 0.949. The number of aromatic nitrogens is 2. The van der Waals surface area contributed by atoms with Crippen LogP contribution in [0.4, 0.5) is 0 Å². The van der Waals surface area contributed by atoms with Gasteiger partial charge in [-0.3, -0.25) is 9.69 Å². The summed E-state index contributed by atoms with van der Waals surface area (Å²) in [6.45, 7) is 3.08. The number of carbonyl (C=O) groups is 1. The molecule has 5 heteroatoms. The van der Waals surface area contributed by atoms with E-state index < -0.39 is 11.4 Å². The molecule has 6 atom stereocenters. The lowest BCUT2D eigenvalue weighted by atomic mass is 9.82. The predicted molar refractivity (Wildman–Crippen MR) is 121 cm³/mol. The SMILES string of the molecule is Cc1nc2ccccc2n1C1C[C@H]2CC[C@@H](C1)N2C[C@@H]1C[C@@]1(C(=O)O)C1C=CC=CC1. The molecule has 3 fully saturated rings. The summed E-state index contributed by atoms with van der Waals surface area (Å²) >= 11 is 0. The van der Waals surface area contributed by atoms with E-state index in [4.69, 9.17) is 4.98 Å². The molecule has 4 aliphatic rings. The monoisotopic (exact) mass is 417 g/mol. The Hall–Kier alpha value is -2.40. The molecule has 1 aromatic carbocycles. The van der Waals surface area contributed by atoms with E-state index in [1.165, 1.54) is 18.4 Å². The highest BCUT2D eigenvalue weighted by atomic mass is 16.4. The number of carboxylic acids is 1. The Morgan fingerprint density at radius 1 is 1.16 bits per heavy atom. The summed E-state index contributed by atoms with van der Waals surface area (Å²) in [5.41, 5.74) is 1.80. The van der Waals surface area contributed by atoms with Crippen LogP contribution in [-0.4, -0.2) is 44.2 Å². The van der Waals surface area contributed by atoms with Crippen LogP contribution in [0.2, 0.25) is 0 Å². The van der Waals surface area contributed by atoms with E-state index in [2.05, 4.69) is 52.8 Å². The summed E-state index contributed by atoms with van der Waals surface area (Å²) in [5, 5.41) is 10.1. The second-order valence-corrected chi connectivity index (χ2v) is 10.1. The number of rotatable bonds is 5. The minimum absolute atomic E-state index is 0.148. The maximum Gasteiger partial charge on any atom is 0.310 e. The second kappa shape index (κ2) is 7.06. The number of benzene rings is 1. The van der Waals surface area contributed by atoms with Crippen LogP contribution in [0.3, 0.4) is 0 Å². The number of hydrogen-bond donors (Lipinski definition) is 1. The molecule has 1 aromatic heterocycles. The molecule has 3 heterocycles. The van der Waals surface area contributed by atoms with Crippen molar-refractivity contribution in [3.63, 3.8) is 0 Å². The van der Waals surface area contributed by atoms with Crippen molar-refractivity contribution in [2.24, 2.45) is 17.3 Å². The summed E-state index contributed by atoms with van der Waals surface area (Å²) in [4.78, 5) is 19.8. The molecular formula is C26H31N3O2. The minimum Gasteiger partial charge on any atom is -0.481 e. The van der Waals surface area contributed by atoms with Gasteiger partial charge in [0.2, 0.25) is 0 Å². The number of para-hydroxylation sites is 2. The number of piperidine rings is 1. The zero-order valence-corrected chi connectivity index (χ0v) is 18.2. The fourth-order valence-corrected chi connectivity index (χ4v) is 7.05. The van der Waals surface area contributed by atoms with Gasteiger partial charge in [-0.2, -0.15) is 0 Å². The largest absolute Gasteiger partial charge is 0.481 e. The van der Waals surface area contributed by atoms with Gasteiger partial charge < -0.3 is 9.67 Å². The first-order chi connectivity index (χ1) is 15.1. The van der Waals surface area contributed by atoms with E-state index in [0.717, 1.165) is 43.6 Å². The van der Waals surface area contributed by atoms with E-state index in [9.17, 15) is 9.90 Å². The molecule has 0 spiro atoms. The Morgan fingerprint density at radius 3 is 2.65 bits per heavy atom. The molecule has 2 aliphatic carbocycles. The van der Waals surface area contributed by atoms with Crippen molar-refractivity contribution in [3.8, 4) is 0 Å². The Kier molecular flexibility index (Phi) is 4.39. The number of allylic oxidation sites excluding steroid dienone is 4. The van der Waals surface area contributed by atoms with Crippen molar-refractivity contribution < 1.29 is 9.90 Å². The zero-order valence-electron chi connectivity index (χ0n) is 18.2. The fourth-order valence-electron chi connectivity index (χ4n) is 7.05. The summed E-state index contributed by atoms with van der Waals surface area (Å²) in [6.07, 6.45) is 14.8. The maximum atomic E-state index is 12.3. The molecule has 1 saturated carbocycles. The third-order valence-electron chi connectivity index (χ3n) is 8.62. The van der Waals surface area contributed by atoms with Crippen molar-refractivity contribution in [2.75, 3.05) is 6.54 Å². The highest BCUT2D eigenvalue weighted by Gasteiger charge is 2.64. The van der Waals surface area contributed by atoms with Gasteiger partial charge in [0.25, 0.3) is 0 Å². The van der Waals surface area contributed by atoms with Gasteiger partial charge in [0.15, 0.2) is 0 Å². The first-order valence-electron chi connectivity index (χ1n) is 11.8. The number of nitrogens with zero attached hydrogens (tertiary/aromatic N) is 3. The minimum atomic E-state index is -0.592. The molecule has 2 unspecified atom stereocenters. The molecule has 2 bridgehead atoms. The second-order valence-electron chi connectivity index (χ2n) is 10.1. The summed E-state index contributed by atoms with van der Waals surface area (Å²) in [6, 6.07) is 10.1. The van der Waals surface area contributed by atoms with Gasteiger partial charge in [-0.25, -0.2) is 4.98 Å². The number of imidazole rings is 1. The fraction of sp³-hybridized carbons (Fsp3) is 0.538. The first-order valence-corrected chi connectivity index (χ1v) is 11.8. The van der Waals surface area contributed by atoms with E-state index in [1.54, 1.807) is 0 Å². The van der Waals surface area contributed by atoms with Gasteiger partial charge in [-0.15, -0.1) is 0 Å². The lowest BCUT2D eigenvalue weighted by Crippen LogP contribution is -2.45. The molecule has 162 valence electrons. The van der Waals surface area contributed by atoms with Gasteiger partial charge in [0.1, 0.15) is 5.82 Å². The van der Waals surface area contributed by atoms with E-state index in [-0.39, 0.29) is 11.8 Å². The van der Waals surface area contributed by atoms with E-state index >= 15 is 0 Å². The molecule has 0 amide bonds. The van der Waals surface area contributed by atoms with Crippen LogP contribution in [0.25, 0.3) is 11.0 Å². The molecular weight excluding hydrogens is 386 g/mol. The molecule has 2 saturated heterocycles. The van der Waals surface area contributed by atoms with Crippen molar-refractivity contribution in [2.45, 2.75) is 63.6 Å². The van der Waals surface area contributed by atoms with Gasteiger partial charge in [0, 0.05) is 24.7 Å². The maximum absolute atomic E-state index is 12.3. The highest BCUT2D eigenvalue weighted by molar-refractivity contribution is 5.80. The van der Waals surface area contributed by atoms with Crippen molar-refractivity contribution in [1.82, 2.24) is 14.5 Å². The van der Waals surface area contributed by atoms with Crippen LogP contribution < -0.4 is 0 Å². The Labute approximate surface area is 183 Å². The van der Waals surface area contributed by atoms with Crippen LogP contribution in [0, 0.1) is 24.2 Å². The quantitative estimate of drug-likeness (QED) is 0.764. The standard InChI is InChI=1S/C26H31N3O2/c1-17-27-23-9-5-6-10-24(23)29(17)22-13-20-11-12-21(14-22)28(20)16-19-15-26(19,25(30)31)18-7-3-2-4-8-18/h2-7,9-10,18-22H,8,11-16H2,1H3,(H,30,31)/t18?,19-,20-,21+,22?,26+/m0/s1. The highest BCUT2D eigenvalue weighted by Crippen LogP contribution is 2.61. The smallest absolute Gasteiger partial charge is 0.310 e. The topological polar surface area (TPSA) is 58.4 Å². The van der Waals surface area contributed by atoms with Gasteiger partial charge >= 0.3 is 5.97 Å². The third kappa shape index (κ3) is 2.93. The number of fused-ring (bicyclic) bond motifs is 3. The van der Waals surface area contributed by atoms with Crippen LogP contribution >= 0.6 is 0 Å². The molecule has 0 radical (unpaired) electrons. The molecule has 2 aromatic rings. The molecule has 5 nitrogen and oxygen atoms in total. The zero-order chi connectivity index (χ0) is 21.2. The van der Waals surface area contributed by atoms with Crippen LogP contribution in [0.1, 0.15) is 50.4 Å². The number of hydrogen-bond acceptors (Lipinski definition) is 3. The van der Waals surface area contributed by atoms with Crippen molar-refractivity contribution >= 4 is 17.0 Å². The average Bonchev–Trinajstić information content (AvgIpc) is 3.34. The van der Waals surface area contributed by atoms with Crippen molar-refractivity contribution in [3.05, 3.63) is 54.4 Å². The molecule has 1 N–H and O–H groups in total.